The number of benzene rings is 2. The summed E-state index contributed by atoms with van der Waals surface area (Å²) >= 11 is 0.759. The minimum Gasteiger partial charge on any atom is -0.324 e. The number of hydrogen-bond donors (Lipinski definition) is 1. The van der Waals surface area contributed by atoms with E-state index in [-0.39, 0.29) is 17.3 Å². The molecule has 1 heterocycles. The van der Waals surface area contributed by atoms with Crippen LogP contribution in [0.4, 0.5) is 14.9 Å². The van der Waals surface area contributed by atoms with Crippen molar-refractivity contribution in [3.63, 3.8) is 0 Å². The van der Waals surface area contributed by atoms with Crippen molar-refractivity contribution in [2.45, 2.75) is 13.8 Å². The first-order valence-electron chi connectivity index (χ1n) is 8.21. The zero-order valence-electron chi connectivity index (χ0n) is 14.8. The molecule has 0 saturated carbocycles. The summed E-state index contributed by atoms with van der Waals surface area (Å²) in [5, 5.41) is 2.21. The number of carbonyl (C=O) groups is 3. The molecule has 7 heteroatoms. The lowest BCUT2D eigenvalue weighted by Crippen LogP contribution is -2.36. The molecule has 1 saturated heterocycles. The van der Waals surface area contributed by atoms with Crippen LogP contribution in [-0.4, -0.2) is 28.5 Å². The van der Waals surface area contributed by atoms with Gasteiger partial charge >= 0.3 is 0 Å². The SMILES string of the molecule is Cc1ccc(NC(=O)CN2C(=O)S/C(=C/c3ccc(F)cc3)C2=O)c(C)c1. The monoisotopic (exact) mass is 384 g/mol. The van der Waals surface area contributed by atoms with Crippen LogP contribution in [0, 0.1) is 19.7 Å². The molecule has 0 unspecified atom stereocenters. The molecule has 0 aliphatic carbocycles. The number of anilines is 1. The van der Waals surface area contributed by atoms with Crippen LogP contribution in [0.5, 0.6) is 0 Å². The first-order chi connectivity index (χ1) is 12.8. The third-order valence-corrected chi connectivity index (χ3v) is 4.91. The predicted molar refractivity (Wildman–Crippen MR) is 104 cm³/mol. The summed E-state index contributed by atoms with van der Waals surface area (Å²) < 4.78 is 13.0. The van der Waals surface area contributed by atoms with Crippen molar-refractivity contribution in [3.05, 3.63) is 69.9 Å². The molecule has 1 aliphatic rings. The van der Waals surface area contributed by atoms with Gasteiger partial charge in [-0.25, -0.2) is 4.39 Å². The van der Waals surface area contributed by atoms with E-state index in [0.717, 1.165) is 27.8 Å². The molecule has 0 atom stereocenters. The largest absolute Gasteiger partial charge is 0.324 e. The van der Waals surface area contributed by atoms with Crippen molar-refractivity contribution >= 4 is 40.6 Å². The van der Waals surface area contributed by atoms with E-state index in [9.17, 15) is 18.8 Å². The van der Waals surface area contributed by atoms with Gasteiger partial charge in [-0.1, -0.05) is 29.8 Å². The lowest BCUT2D eigenvalue weighted by molar-refractivity contribution is -0.127. The van der Waals surface area contributed by atoms with Crippen molar-refractivity contribution in [2.24, 2.45) is 0 Å². The van der Waals surface area contributed by atoms with Gasteiger partial charge in [0.15, 0.2) is 0 Å². The Labute approximate surface area is 160 Å². The molecule has 0 bridgehead atoms. The fourth-order valence-corrected chi connectivity index (χ4v) is 3.47. The lowest BCUT2D eigenvalue weighted by Gasteiger charge is -2.14. The number of hydrogen-bond acceptors (Lipinski definition) is 4. The van der Waals surface area contributed by atoms with E-state index >= 15 is 0 Å². The number of rotatable bonds is 4. The molecular weight excluding hydrogens is 367 g/mol. The number of amides is 3. The summed E-state index contributed by atoms with van der Waals surface area (Å²) in [7, 11) is 0. The second-order valence-corrected chi connectivity index (χ2v) is 7.18. The van der Waals surface area contributed by atoms with E-state index < -0.39 is 17.1 Å². The molecule has 0 radical (unpaired) electrons. The summed E-state index contributed by atoms with van der Waals surface area (Å²) in [5.41, 5.74) is 3.21. The van der Waals surface area contributed by atoms with Crippen LogP contribution in [0.2, 0.25) is 0 Å². The zero-order chi connectivity index (χ0) is 19.6. The van der Waals surface area contributed by atoms with Gasteiger partial charge in [0.05, 0.1) is 4.91 Å². The van der Waals surface area contributed by atoms with E-state index in [0.29, 0.717) is 11.3 Å². The van der Waals surface area contributed by atoms with Crippen LogP contribution in [0.3, 0.4) is 0 Å². The normalized spacial score (nSPS) is 15.5. The molecule has 27 heavy (non-hydrogen) atoms. The quantitative estimate of drug-likeness (QED) is 0.806. The first-order valence-corrected chi connectivity index (χ1v) is 9.03. The Kier molecular flexibility index (Phi) is 5.41. The summed E-state index contributed by atoms with van der Waals surface area (Å²) in [5.74, 6) is -1.37. The van der Waals surface area contributed by atoms with E-state index in [4.69, 9.17) is 0 Å². The van der Waals surface area contributed by atoms with E-state index in [1.807, 2.05) is 26.0 Å². The van der Waals surface area contributed by atoms with Crippen LogP contribution < -0.4 is 5.32 Å². The Morgan fingerprint density at radius 1 is 1.15 bits per heavy atom. The molecule has 1 aliphatic heterocycles. The topological polar surface area (TPSA) is 66.5 Å². The summed E-state index contributed by atoms with van der Waals surface area (Å²) in [6, 6.07) is 11.1. The number of imide groups is 1. The van der Waals surface area contributed by atoms with Gasteiger partial charge in [-0.15, -0.1) is 0 Å². The average molecular weight is 384 g/mol. The molecule has 5 nitrogen and oxygen atoms in total. The molecule has 1 N–H and O–H groups in total. The first kappa shape index (κ1) is 18.8. The van der Waals surface area contributed by atoms with Crippen LogP contribution in [-0.2, 0) is 9.59 Å². The highest BCUT2D eigenvalue weighted by Gasteiger charge is 2.36. The lowest BCUT2D eigenvalue weighted by atomic mass is 10.1. The van der Waals surface area contributed by atoms with Gasteiger partial charge in [0.2, 0.25) is 5.91 Å². The van der Waals surface area contributed by atoms with E-state index in [2.05, 4.69) is 5.32 Å². The molecule has 1 fully saturated rings. The Hall–Kier alpha value is -2.93. The van der Waals surface area contributed by atoms with Gasteiger partial charge in [-0.05, 0) is 61.0 Å². The Morgan fingerprint density at radius 3 is 2.52 bits per heavy atom. The van der Waals surface area contributed by atoms with Crippen molar-refractivity contribution in [1.82, 2.24) is 4.90 Å². The highest BCUT2D eigenvalue weighted by Crippen LogP contribution is 2.32. The van der Waals surface area contributed by atoms with Gasteiger partial charge < -0.3 is 5.32 Å². The number of aryl methyl sites for hydroxylation is 2. The molecule has 0 aromatic heterocycles. The Bertz CT molecular complexity index is 954. The summed E-state index contributed by atoms with van der Waals surface area (Å²) in [6.45, 7) is 3.46. The summed E-state index contributed by atoms with van der Waals surface area (Å²) in [4.78, 5) is 37.9. The molecule has 0 spiro atoms. The predicted octanol–water partition coefficient (Wildman–Crippen LogP) is 4.12. The smallest absolute Gasteiger partial charge is 0.294 e. The molecule has 2 aromatic carbocycles. The maximum Gasteiger partial charge on any atom is 0.294 e. The minimum atomic E-state index is -0.537. The van der Waals surface area contributed by atoms with Crippen molar-refractivity contribution in [2.75, 3.05) is 11.9 Å². The maximum absolute atomic E-state index is 13.0. The summed E-state index contributed by atoms with van der Waals surface area (Å²) in [6.07, 6.45) is 1.51. The molecule has 138 valence electrons. The van der Waals surface area contributed by atoms with Crippen molar-refractivity contribution < 1.29 is 18.8 Å². The number of thioether (sulfide) groups is 1. The highest BCUT2D eigenvalue weighted by atomic mass is 32.2. The number of nitrogens with one attached hydrogen (secondary N) is 1. The van der Waals surface area contributed by atoms with Gasteiger partial charge in [0, 0.05) is 5.69 Å². The molecule has 2 aromatic rings. The second kappa shape index (κ2) is 7.75. The average Bonchev–Trinajstić information content (AvgIpc) is 2.87. The number of carbonyl (C=O) groups excluding carboxylic acids is 3. The Balaban J connectivity index is 1.69. The van der Waals surface area contributed by atoms with E-state index in [1.54, 1.807) is 6.07 Å². The van der Waals surface area contributed by atoms with Crippen LogP contribution in [0.1, 0.15) is 16.7 Å². The number of halogens is 1. The van der Waals surface area contributed by atoms with Crippen molar-refractivity contribution in [3.8, 4) is 0 Å². The zero-order valence-corrected chi connectivity index (χ0v) is 15.6. The van der Waals surface area contributed by atoms with Gasteiger partial charge in [0.25, 0.3) is 11.1 Å². The van der Waals surface area contributed by atoms with Crippen molar-refractivity contribution in [1.29, 1.82) is 0 Å². The van der Waals surface area contributed by atoms with Crippen LogP contribution in [0.15, 0.2) is 47.4 Å². The van der Waals surface area contributed by atoms with Gasteiger partial charge in [-0.3, -0.25) is 19.3 Å². The molecule has 3 amide bonds. The highest BCUT2D eigenvalue weighted by molar-refractivity contribution is 8.18. The third kappa shape index (κ3) is 4.43. The third-order valence-electron chi connectivity index (χ3n) is 4.00. The van der Waals surface area contributed by atoms with Gasteiger partial charge in [0.1, 0.15) is 12.4 Å². The Morgan fingerprint density at radius 2 is 1.85 bits per heavy atom. The second-order valence-electron chi connectivity index (χ2n) is 6.19. The fraction of sp³-hybridized carbons (Fsp3) is 0.150. The van der Waals surface area contributed by atoms with E-state index in [1.165, 1.54) is 30.3 Å². The van der Waals surface area contributed by atoms with Gasteiger partial charge in [-0.2, -0.15) is 0 Å². The molecular formula is C20H17FN2O3S. The fourth-order valence-electron chi connectivity index (χ4n) is 2.63. The van der Waals surface area contributed by atoms with Crippen LogP contribution >= 0.6 is 11.8 Å². The van der Waals surface area contributed by atoms with Crippen LogP contribution in [0.25, 0.3) is 6.08 Å². The number of nitrogens with zero attached hydrogens (tertiary/aromatic N) is 1. The molecule has 3 rings (SSSR count). The standard InChI is InChI=1S/C20H17FN2O3S/c1-12-3-8-16(13(2)9-12)22-18(24)11-23-19(25)17(27-20(23)26)10-14-4-6-15(21)7-5-14/h3-10H,11H2,1-2H3,(H,22,24)/b17-10+. The maximum atomic E-state index is 13.0. The minimum absolute atomic E-state index is 0.200.